The number of alkyl halides is 3. The SMILES string of the molecule is CCCC1CCN(c2ccc(NC=C3C(=O)Nc4cccc(F)c43)cc2C(F)(F)F)CC1. The average Bonchev–Trinajstić information content (AvgIpc) is 3.08. The smallest absolute Gasteiger partial charge is 0.371 e. The minimum Gasteiger partial charge on any atom is -0.371 e. The predicted octanol–water partition coefficient (Wildman–Crippen LogP) is 6.27. The van der Waals surface area contributed by atoms with Crippen LogP contribution in [0.2, 0.25) is 0 Å². The molecule has 8 heteroatoms. The number of nitrogens with zero attached hydrogens (tertiary/aromatic N) is 1. The molecule has 2 aromatic carbocycles. The highest BCUT2D eigenvalue weighted by Crippen LogP contribution is 2.40. The number of amides is 1. The number of carbonyl (C=O) groups excluding carboxylic acids is 1. The predicted molar refractivity (Wildman–Crippen MR) is 118 cm³/mol. The van der Waals surface area contributed by atoms with E-state index in [0.29, 0.717) is 24.7 Å². The molecule has 0 spiro atoms. The van der Waals surface area contributed by atoms with Crippen molar-refractivity contribution in [2.24, 2.45) is 5.92 Å². The quantitative estimate of drug-likeness (QED) is 0.420. The van der Waals surface area contributed by atoms with Gasteiger partial charge in [0.05, 0.1) is 16.8 Å². The van der Waals surface area contributed by atoms with E-state index in [1.165, 1.54) is 24.4 Å². The van der Waals surface area contributed by atoms with Gasteiger partial charge in [0.15, 0.2) is 0 Å². The molecule has 170 valence electrons. The first-order valence-corrected chi connectivity index (χ1v) is 10.8. The third-order valence-electron chi connectivity index (χ3n) is 6.11. The summed E-state index contributed by atoms with van der Waals surface area (Å²) in [4.78, 5) is 14.0. The molecule has 2 aliphatic rings. The van der Waals surface area contributed by atoms with E-state index in [-0.39, 0.29) is 22.5 Å². The lowest BCUT2D eigenvalue weighted by Crippen LogP contribution is -2.35. The first kappa shape index (κ1) is 22.2. The monoisotopic (exact) mass is 447 g/mol. The van der Waals surface area contributed by atoms with Gasteiger partial charge in [-0.3, -0.25) is 4.79 Å². The van der Waals surface area contributed by atoms with Crippen LogP contribution in [0.3, 0.4) is 0 Å². The minimum atomic E-state index is -4.52. The van der Waals surface area contributed by atoms with E-state index in [9.17, 15) is 22.4 Å². The molecule has 0 saturated carbocycles. The zero-order valence-electron chi connectivity index (χ0n) is 17.7. The zero-order chi connectivity index (χ0) is 22.9. The summed E-state index contributed by atoms with van der Waals surface area (Å²) < 4.78 is 55.7. The van der Waals surface area contributed by atoms with Crippen LogP contribution in [0.5, 0.6) is 0 Å². The summed E-state index contributed by atoms with van der Waals surface area (Å²) in [6, 6.07) is 8.33. The molecule has 1 saturated heterocycles. The normalized spacial score (nSPS) is 18.1. The molecule has 0 atom stereocenters. The summed E-state index contributed by atoms with van der Waals surface area (Å²) in [6.45, 7) is 3.32. The second-order valence-electron chi connectivity index (χ2n) is 8.27. The van der Waals surface area contributed by atoms with E-state index in [1.54, 1.807) is 17.0 Å². The molecule has 2 aromatic rings. The number of rotatable bonds is 5. The van der Waals surface area contributed by atoms with E-state index < -0.39 is 23.5 Å². The van der Waals surface area contributed by atoms with Gasteiger partial charge in [0, 0.05) is 36.2 Å². The second-order valence-corrected chi connectivity index (χ2v) is 8.27. The van der Waals surface area contributed by atoms with Gasteiger partial charge in [0.1, 0.15) is 5.82 Å². The van der Waals surface area contributed by atoms with Gasteiger partial charge in [-0.25, -0.2) is 4.39 Å². The summed E-state index contributed by atoms with van der Waals surface area (Å²) in [5.74, 6) is -0.522. The number of hydrogen-bond acceptors (Lipinski definition) is 3. The largest absolute Gasteiger partial charge is 0.418 e. The van der Waals surface area contributed by atoms with Gasteiger partial charge in [-0.05, 0) is 49.1 Å². The number of anilines is 3. The number of piperidine rings is 1. The fraction of sp³-hybridized carbons (Fsp3) is 0.375. The molecule has 0 unspecified atom stereocenters. The molecule has 2 heterocycles. The van der Waals surface area contributed by atoms with E-state index in [1.807, 2.05) is 0 Å². The molecule has 4 nitrogen and oxygen atoms in total. The van der Waals surface area contributed by atoms with Crippen LogP contribution >= 0.6 is 0 Å². The van der Waals surface area contributed by atoms with Crippen LogP contribution in [0.4, 0.5) is 34.6 Å². The van der Waals surface area contributed by atoms with Gasteiger partial charge in [-0.15, -0.1) is 0 Å². The lowest BCUT2D eigenvalue weighted by molar-refractivity contribution is -0.137. The van der Waals surface area contributed by atoms with Crippen molar-refractivity contribution in [2.45, 2.75) is 38.8 Å². The van der Waals surface area contributed by atoms with Crippen LogP contribution in [0.25, 0.3) is 5.57 Å². The van der Waals surface area contributed by atoms with Crippen LogP contribution in [-0.2, 0) is 11.0 Å². The van der Waals surface area contributed by atoms with Crippen LogP contribution in [-0.4, -0.2) is 19.0 Å². The Morgan fingerprint density at radius 3 is 2.62 bits per heavy atom. The summed E-state index contributed by atoms with van der Waals surface area (Å²) in [6.07, 6.45) is 0.684. The Balaban J connectivity index is 1.58. The number of carbonyl (C=O) groups is 1. The maximum absolute atomic E-state index is 14.2. The number of nitrogens with one attached hydrogen (secondary N) is 2. The number of fused-ring (bicyclic) bond motifs is 1. The summed E-state index contributed by atoms with van der Waals surface area (Å²) in [5, 5.41) is 5.29. The van der Waals surface area contributed by atoms with E-state index in [4.69, 9.17) is 0 Å². The van der Waals surface area contributed by atoms with Gasteiger partial charge < -0.3 is 15.5 Å². The molecule has 2 N–H and O–H groups in total. The van der Waals surface area contributed by atoms with Crippen molar-refractivity contribution in [2.75, 3.05) is 28.6 Å². The van der Waals surface area contributed by atoms with Crippen molar-refractivity contribution in [1.29, 1.82) is 0 Å². The van der Waals surface area contributed by atoms with E-state index >= 15 is 0 Å². The molecule has 0 aliphatic carbocycles. The first-order chi connectivity index (χ1) is 15.3. The topological polar surface area (TPSA) is 44.4 Å². The van der Waals surface area contributed by atoms with E-state index in [2.05, 4.69) is 17.6 Å². The Morgan fingerprint density at radius 2 is 1.94 bits per heavy atom. The minimum absolute atomic E-state index is 0.0359. The van der Waals surface area contributed by atoms with Gasteiger partial charge in [0.2, 0.25) is 0 Å². The van der Waals surface area contributed by atoms with Crippen LogP contribution < -0.4 is 15.5 Å². The number of benzene rings is 2. The first-order valence-electron chi connectivity index (χ1n) is 10.8. The Bertz CT molecular complexity index is 1040. The third-order valence-corrected chi connectivity index (χ3v) is 6.11. The highest BCUT2D eigenvalue weighted by molar-refractivity contribution is 6.31. The van der Waals surface area contributed by atoms with Crippen LogP contribution in [0.1, 0.15) is 43.7 Å². The van der Waals surface area contributed by atoms with Gasteiger partial charge >= 0.3 is 6.18 Å². The van der Waals surface area contributed by atoms with Gasteiger partial charge in [-0.2, -0.15) is 13.2 Å². The molecular formula is C24H25F4N3O. The van der Waals surface area contributed by atoms with Crippen molar-refractivity contribution in [3.05, 3.63) is 59.5 Å². The Hall–Kier alpha value is -3.03. The van der Waals surface area contributed by atoms with Crippen molar-refractivity contribution in [3.8, 4) is 0 Å². The van der Waals surface area contributed by atoms with Crippen molar-refractivity contribution in [1.82, 2.24) is 0 Å². The van der Waals surface area contributed by atoms with Gasteiger partial charge in [-0.1, -0.05) is 25.8 Å². The molecule has 2 aliphatic heterocycles. The van der Waals surface area contributed by atoms with Crippen LogP contribution in [0.15, 0.2) is 42.6 Å². The standard InChI is InChI=1S/C24H25F4N3O/c1-2-4-15-9-11-31(12-10-15)21-8-7-16(13-18(21)24(26,27)28)29-14-17-22-19(25)5-3-6-20(22)30-23(17)32/h3,5-8,13-15,29H,2,4,9-12H2,1H3,(H,30,32). The molecule has 32 heavy (non-hydrogen) atoms. The highest BCUT2D eigenvalue weighted by atomic mass is 19.4. The number of halogens is 4. The Labute approximate surface area is 184 Å². The van der Waals surface area contributed by atoms with Crippen molar-refractivity contribution >= 4 is 28.5 Å². The fourth-order valence-electron chi connectivity index (χ4n) is 4.50. The van der Waals surface area contributed by atoms with Gasteiger partial charge in [0.25, 0.3) is 5.91 Å². The molecule has 1 fully saturated rings. The van der Waals surface area contributed by atoms with Crippen molar-refractivity contribution in [3.63, 3.8) is 0 Å². The zero-order valence-corrected chi connectivity index (χ0v) is 17.7. The third kappa shape index (κ3) is 4.45. The Morgan fingerprint density at radius 1 is 1.19 bits per heavy atom. The van der Waals surface area contributed by atoms with Crippen LogP contribution in [0, 0.1) is 11.7 Å². The molecular weight excluding hydrogens is 422 g/mol. The second kappa shape index (κ2) is 8.84. The summed E-state index contributed by atoms with van der Waals surface area (Å²) in [7, 11) is 0. The highest BCUT2D eigenvalue weighted by Gasteiger charge is 2.36. The van der Waals surface area contributed by atoms with E-state index in [0.717, 1.165) is 31.7 Å². The molecule has 0 radical (unpaired) electrons. The lowest BCUT2D eigenvalue weighted by Gasteiger charge is -2.35. The lowest BCUT2D eigenvalue weighted by atomic mass is 9.92. The average molecular weight is 447 g/mol. The fourth-order valence-corrected chi connectivity index (χ4v) is 4.50. The molecule has 1 amide bonds. The maximum atomic E-state index is 14.2. The molecule has 0 aromatic heterocycles. The summed E-state index contributed by atoms with van der Waals surface area (Å²) in [5.41, 5.74) is 0.0900. The summed E-state index contributed by atoms with van der Waals surface area (Å²) >= 11 is 0. The Kier molecular flexibility index (Phi) is 6.13. The maximum Gasteiger partial charge on any atom is 0.418 e. The molecule has 0 bridgehead atoms. The number of hydrogen-bond donors (Lipinski definition) is 2. The van der Waals surface area contributed by atoms with Crippen molar-refractivity contribution < 1.29 is 22.4 Å². The molecule has 4 rings (SSSR count).